The standard InChI is InChI=1S/C13H22OSi/c1-11(2)10-12-6-7-13(12,14)8-9-15(3,4)5/h10,12,14H,6-7H2,1-5H3. The van der Waals surface area contributed by atoms with Gasteiger partial charge in [0.15, 0.2) is 0 Å². The lowest BCUT2D eigenvalue weighted by Crippen LogP contribution is -2.45. The van der Waals surface area contributed by atoms with Crippen molar-refractivity contribution >= 4 is 8.07 Å². The van der Waals surface area contributed by atoms with E-state index in [4.69, 9.17) is 0 Å². The molecule has 0 aromatic rings. The minimum absolute atomic E-state index is 0.256. The fourth-order valence-corrected chi connectivity index (χ4v) is 2.25. The van der Waals surface area contributed by atoms with Gasteiger partial charge >= 0.3 is 0 Å². The summed E-state index contributed by atoms with van der Waals surface area (Å²) in [6, 6.07) is 0. The van der Waals surface area contributed by atoms with E-state index >= 15 is 0 Å². The van der Waals surface area contributed by atoms with Gasteiger partial charge in [-0.25, -0.2) is 0 Å². The largest absolute Gasteiger partial charge is 0.377 e. The van der Waals surface area contributed by atoms with Gasteiger partial charge in [-0.1, -0.05) is 37.2 Å². The van der Waals surface area contributed by atoms with E-state index in [0.29, 0.717) is 0 Å². The summed E-state index contributed by atoms with van der Waals surface area (Å²) in [6.07, 6.45) is 4.06. The highest BCUT2D eigenvalue weighted by Crippen LogP contribution is 2.39. The predicted molar refractivity (Wildman–Crippen MR) is 68.2 cm³/mol. The van der Waals surface area contributed by atoms with Gasteiger partial charge in [0.25, 0.3) is 0 Å². The Morgan fingerprint density at radius 3 is 2.33 bits per heavy atom. The lowest BCUT2D eigenvalue weighted by Gasteiger charge is -2.40. The molecule has 2 heteroatoms. The van der Waals surface area contributed by atoms with Gasteiger partial charge in [-0.3, -0.25) is 0 Å². The Hall–Kier alpha value is -0.523. The van der Waals surface area contributed by atoms with Crippen molar-refractivity contribution in [1.82, 2.24) is 0 Å². The Balaban J connectivity index is 2.76. The van der Waals surface area contributed by atoms with E-state index in [9.17, 15) is 5.11 Å². The van der Waals surface area contributed by atoms with Gasteiger partial charge in [-0.15, -0.1) is 5.54 Å². The maximum Gasteiger partial charge on any atom is 0.131 e. The molecule has 1 N–H and O–H groups in total. The zero-order chi connectivity index (χ0) is 11.7. The zero-order valence-corrected chi connectivity index (χ0v) is 11.5. The van der Waals surface area contributed by atoms with E-state index in [-0.39, 0.29) is 5.92 Å². The first-order chi connectivity index (χ1) is 6.73. The van der Waals surface area contributed by atoms with E-state index in [1.165, 1.54) is 5.57 Å². The molecule has 0 spiro atoms. The maximum absolute atomic E-state index is 10.3. The minimum atomic E-state index is -1.36. The molecule has 2 atom stereocenters. The molecular weight excluding hydrogens is 200 g/mol. The van der Waals surface area contributed by atoms with Gasteiger partial charge in [-0.2, -0.15) is 0 Å². The third kappa shape index (κ3) is 3.51. The quantitative estimate of drug-likeness (QED) is 0.411. The Morgan fingerprint density at radius 1 is 1.40 bits per heavy atom. The Bertz CT molecular complexity index is 323. The Labute approximate surface area is 94.6 Å². The third-order valence-electron chi connectivity index (χ3n) is 2.64. The summed E-state index contributed by atoms with van der Waals surface area (Å²) in [4.78, 5) is 0. The van der Waals surface area contributed by atoms with Gasteiger partial charge in [0.1, 0.15) is 13.7 Å². The average molecular weight is 222 g/mol. The number of allylic oxidation sites excluding steroid dienone is 1. The van der Waals surface area contributed by atoms with Crippen LogP contribution in [0.1, 0.15) is 26.7 Å². The summed E-state index contributed by atoms with van der Waals surface area (Å²) in [5.74, 6) is 3.37. The number of hydrogen-bond donors (Lipinski definition) is 1. The van der Waals surface area contributed by atoms with Crippen molar-refractivity contribution in [2.75, 3.05) is 0 Å². The summed E-state index contributed by atoms with van der Waals surface area (Å²) in [5.41, 5.74) is 3.82. The van der Waals surface area contributed by atoms with Crippen molar-refractivity contribution in [3.63, 3.8) is 0 Å². The van der Waals surface area contributed by atoms with Crippen LogP contribution in [0.15, 0.2) is 11.6 Å². The van der Waals surface area contributed by atoms with Gasteiger partial charge in [0.2, 0.25) is 0 Å². The average Bonchev–Trinajstić information content (AvgIpc) is 2.07. The molecule has 84 valence electrons. The molecule has 0 bridgehead atoms. The van der Waals surface area contributed by atoms with Crippen LogP contribution in [0, 0.1) is 17.4 Å². The fraction of sp³-hybridized carbons (Fsp3) is 0.692. The smallest absolute Gasteiger partial charge is 0.131 e. The molecule has 2 unspecified atom stereocenters. The normalized spacial score (nSPS) is 29.9. The number of rotatable bonds is 1. The first-order valence-electron chi connectivity index (χ1n) is 5.65. The van der Waals surface area contributed by atoms with E-state index in [2.05, 4.69) is 51.0 Å². The number of aliphatic hydroxyl groups is 1. The number of hydrogen-bond acceptors (Lipinski definition) is 1. The van der Waals surface area contributed by atoms with Crippen LogP contribution >= 0.6 is 0 Å². The highest BCUT2D eigenvalue weighted by molar-refractivity contribution is 6.83. The van der Waals surface area contributed by atoms with E-state index < -0.39 is 13.7 Å². The summed E-state index contributed by atoms with van der Waals surface area (Å²) in [5, 5.41) is 10.3. The second-order valence-electron chi connectivity index (χ2n) is 5.81. The molecule has 1 aliphatic rings. The monoisotopic (exact) mass is 222 g/mol. The van der Waals surface area contributed by atoms with Crippen molar-refractivity contribution in [2.45, 2.75) is 51.9 Å². The molecule has 1 nitrogen and oxygen atoms in total. The maximum atomic E-state index is 10.3. The second kappa shape index (κ2) is 4.15. The molecular formula is C13H22OSi. The molecule has 15 heavy (non-hydrogen) atoms. The lowest BCUT2D eigenvalue weighted by molar-refractivity contribution is -0.0193. The first kappa shape index (κ1) is 12.5. The van der Waals surface area contributed by atoms with Crippen molar-refractivity contribution in [2.24, 2.45) is 5.92 Å². The van der Waals surface area contributed by atoms with Crippen molar-refractivity contribution < 1.29 is 5.11 Å². The van der Waals surface area contributed by atoms with Gasteiger partial charge in [-0.05, 0) is 26.7 Å². The van der Waals surface area contributed by atoms with E-state index in [1.54, 1.807) is 0 Å². The molecule has 0 radical (unpaired) electrons. The van der Waals surface area contributed by atoms with Gasteiger partial charge in [0, 0.05) is 5.92 Å². The summed E-state index contributed by atoms with van der Waals surface area (Å²) in [6.45, 7) is 10.8. The van der Waals surface area contributed by atoms with Crippen LogP contribution in [0.5, 0.6) is 0 Å². The highest BCUT2D eigenvalue weighted by atomic mass is 28.3. The van der Waals surface area contributed by atoms with Crippen molar-refractivity contribution in [3.8, 4) is 11.5 Å². The lowest BCUT2D eigenvalue weighted by atomic mass is 9.69. The Morgan fingerprint density at radius 2 is 2.00 bits per heavy atom. The van der Waals surface area contributed by atoms with Crippen LogP contribution in [0.4, 0.5) is 0 Å². The first-order valence-corrected chi connectivity index (χ1v) is 9.15. The van der Waals surface area contributed by atoms with Gasteiger partial charge in [0.05, 0.1) is 0 Å². The summed E-state index contributed by atoms with van der Waals surface area (Å²) in [7, 11) is -1.36. The van der Waals surface area contributed by atoms with Crippen molar-refractivity contribution in [3.05, 3.63) is 11.6 Å². The molecule has 1 saturated carbocycles. The molecule has 0 aromatic carbocycles. The van der Waals surface area contributed by atoms with Crippen molar-refractivity contribution in [1.29, 1.82) is 0 Å². The van der Waals surface area contributed by atoms with Crippen LogP contribution in [0.2, 0.25) is 19.6 Å². The van der Waals surface area contributed by atoms with Crippen LogP contribution in [0.3, 0.4) is 0 Å². The zero-order valence-electron chi connectivity index (χ0n) is 10.5. The van der Waals surface area contributed by atoms with E-state index in [0.717, 1.165) is 12.8 Å². The minimum Gasteiger partial charge on any atom is -0.377 e. The SMILES string of the molecule is CC(C)=CC1CCC1(O)C#C[Si](C)(C)C. The van der Waals surface area contributed by atoms with Crippen LogP contribution in [-0.2, 0) is 0 Å². The second-order valence-corrected chi connectivity index (χ2v) is 10.6. The molecule has 0 saturated heterocycles. The molecule has 1 rings (SSSR count). The predicted octanol–water partition coefficient (Wildman–Crippen LogP) is 2.97. The van der Waals surface area contributed by atoms with Crippen LogP contribution < -0.4 is 0 Å². The molecule has 0 aromatic heterocycles. The van der Waals surface area contributed by atoms with E-state index in [1.807, 2.05) is 0 Å². The fourth-order valence-electron chi connectivity index (χ4n) is 1.66. The summed E-state index contributed by atoms with van der Waals surface area (Å²) >= 11 is 0. The third-order valence-corrected chi connectivity index (χ3v) is 3.51. The molecule has 0 heterocycles. The molecule has 0 aliphatic heterocycles. The summed E-state index contributed by atoms with van der Waals surface area (Å²) < 4.78 is 0. The molecule has 1 fully saturated rings. The van der Waals surface area contributed by atoms with Crippen LogP contribution in [-0.4, -0.2) is 18.8 Å². The topological polar surface area (TPSA) is 20.2 Å². The molecule has 1 aliphatic carbocycles. The highest BCUT2D eigenvalue weighted by Gasteiger charge is 2.42. The Kier molecular flexibility index (Phi) is 3.47. The van der Waals surface area contributed by atoms with Gasteiger partial charge < -0.3 is 5.11 Å². The molecule has 0 amide bonds. The van der Waals surface area contributed by atoms with Crippen LogP contribution in [0.25, 0.3) is 0 Å².